The quantitative estimate of drug-likeness (QED) is 0.645. The SMILES string of the molecule is NNC(Cc1ccc(Cl)s1)c1c(F)cccc1Br. The van der Waals surface area contributed by atoms with Gasteiger partial charge in [0.25, 0.3) is 0 Å². The van der Waals surface area contributed by atoms with Crippen molar-refractivity contribution >= 4 is 38.9 Å². The third-order valence-electron chi connectivity index (χ3n) is 2.58. The molecular formula is C12H11BrClFN2S. The second kappa shape index (κ2) is 6.12. The first-order valence-corrected chi connectivity index (χ1v) is 7.25. The van der Waals surface area contributed by atoms with Gasteiger partial charge in [0, 0.05) is 21.3 Å². The fourth-order valence-corrected chi connectivity index (χ4v) is 3.50. The van der Waals surface area contributed by atoms with Gasteiger partial charge < -0.3 is 0 Å². The Bertz CT molecular complexity index is 526. The Balaban J connectivity index is 2.28. The van der Waals surface area contributed by atoms with E-state index in [4.69, 9.17) is 17.4 Å². The summed E-state index contributed by atoms with van der Waals surface area (Å²) < 4.78 is 15.3. The lowest BCUT2D eigenvalue weighted by molar-refractivity contribution is 0.510. The first-order valence-electron chi connectivity index (χ1n) is 5.26. The van der Waals surface area contributed by atoms with Crippen LogP contribution in [0, 0.1) is 5.82 Å². The average molecular weight is 350 g/mol. The first kappa shape index (κ1) is 14.0. The zero-order chi connectivity index (χ0) is 13.1. The molecule has 0 amide bonds. The minimum Gasteiger partial charge on any atom is -0.271 e. The molecule has 0 saturated heterocycles. The predicted molar refractivity (Wildman–Crippen MR) is 77.2 cm³/mol. The highest BCUT2D eigenvalue weighted by Crippen LogP contribution is 2.31. The molecule has 6 heteroatoms. The van der Waals surface area contributed by atoms with E-state index in [0.29, 0.717) is 20.8 Å². The van der Waals surface area contributed by atoms with Gasteiger partial charge in [-0.15, -0.1) is 11.3 Å². The average Bonchev–Trinajstić information content (AvgIpc) is 2.73. The van der Waals surface area contributed by atoms with Crippen LogP contribution in [0.2, 0.25) is 4.34 Å². The third-order valence-corrected chi connectivity index (χ3v) is 4.53. The maximum absolute atomic E-state index is 13.8. The summed E-state index contributed by atoms with van der Waals surface area (Å²) in [5, 5.41) is 0. The van der Waals surface area contributed by atoms with Crippen molar-refractivity contribution in [2.45, 2.75) is 12.5 Å². The summed E-state index contributed by atoms with van der Waals surface area (Å²) in [5.74, 6) is 5.25. The molecule has 1 aromatic heterocycles. The summed E-state index contributed by atoms with van der Waals surface area (Å²) >= 11 is 10.7. The van der Waals surface area contributed by atoms with Gasteiger partial charge in [0.15, 0.2) is 0 Å². The highest BCUT2D eigenvalue weighted by molar-refractivity contribution is 9.10. The van der Waals surface area contributed by atoms with Crippen molar-refractivity contribution in [1.82, 2.24) is 5.43 Å². The highest BCUT2D eigenvalue weighted by atomic mass is 79.9. The molecule has 2 aromatic rings. The van der Waals surface area contributed by atoms with Gasteiger partial charge in [-0.05, 0) is 24.3 Å². The van der Waals surface area contributed by atoms with Crippen molar-refractivity contribution in [3.63, 3.8) is 0 Å². The number of hydrazine groups is 1. The fraction of sp³-hybridized carbons (Fsp3) is 0.167. The molecule has 0 radical (unpaired) electrons. The molecule has 0 saturated carbocycles. The normalized spacial score (nSPS) is 12.7. The summed E-state index contributed by atoms with van der Waals surface area (Å²) in [6, 6.07) is 8.32. The molecule has 1 heterocycles. The van der Waals surface area contributed by atoms with Crippen LogP contribution in [0.5, 0.6) is 0 Å². The number of hydrogen-bond donors (Lipinski definition) is 2. The van der Waals surface area contributed by atoms with Gasteiger partial charge in [-0.3, -0.25) is 11.3 Å². The Hall–Kier alpha value is -0.460. The van der Waals surface area contributed by atoms with Crippen LogP contribution in [0.15, 0.2) is 34.8 Å². The second-order valence-electron chi connectivity index (χ2n) is 3.76. The number of halogens is 3. The van der Waals surface area contributed by atoms with Crippen molar-refractivity contribution in [1.29, 1.82) is 0 Å². The van der Waals surface area contributed by atoms with Gasteiger partial charge in [-0.1, -0.05) is 33.6 Å². The molecule has 0 bridgehead atoms. The number of rotatable bonds is 4. The lowest BCUT2D eigenvalue weighted by atomic mass is 10.0. The molecular weight excluding hydrogens is 339 g/mol. The zero-order valence-electron chi connectivity index (χ0n) is 9.29. The molecule has 0 aliphatic rings. The van der Waals surface area contributed by atoms with E-state index in [2.05, 4.69) is 21.4 Å². The van der Waals surface area contributed by atoms with E-state index in [0.717, 1.165) is 4.88 Å². The maximum Gasteiger partial charge on any atom is 0.129 e. The molecule has 1 atom stereocenters. The predicted octanol–water partition coefficient (Wildman–Crippen LogP) is 4.05. The monoisotopic (exact) mass is 348 g/mol. The Labute approximate surface area is 122 Å². The van der Waals surface area contributed by atoms with Crippen molar-refractivity contribution in [2.24, 2.45) is 5.84 Å². The van der Waals surface area contributed by atoms with Crippen LogP contribution >= 0.6 is 38.9 Å². The lowest BCUT2D eigenvalue weighted by Crippen LogP contribution is -2.30. The molecule has 96 valence electrons. The van der Waals surface area contributed by atoms with Crippen molar-refractivity contribution < 1.29 is 4.39 Å². The van der Waals surface area contributed by atoms with Gasteiger partial charge in [0.2, 0.25) is 0 Å². The number of thiophene rings is 1. The molecule has 2 rings (SSSR count). The van der Waals surface area contributed by atoms with Gasteiger partial charge in [-0.25, -0.2) is 4.39 Å². The van der Waals surface area contributed by atoms with Crippen LogP contribution in [0.4, 0.5) is 4.39 Å². The van der Waals surface area contributed by atoms with E-state index in [9.17, 15) is 4.39 Å². The van der Waals surface area contributed by atoms with Gasteiger partial charge in [0.1, 0.15) is 5.82 Å². The van der Waals surface area contributed by atoms with Gasteiger partial charge in [0.05, 0.1) is 10.4 Å². The van der Waals surface area contributed by atoms with Crippen molar-refractivity contribution in [3.05, 3.63) is 55.4 Å². The summed E-state index contributed by atoms with van der Waals surface area (Å²) in [7, 11) is 0. The Morgan fingerprint density at radius 2 is 2.17 bits per heavy atom. The van der Waals surface area contributed by atoms with Gasteiger partial charge >= 0.3 is 0 Å². The van der Waals surface area contributed by atoms with E-state index in [1.165, 1.54) is 17.4 Å². The van der Waals surface area contributed by atoms with E-state index in [1.54, 1.807) is 12.1 Å². The molecule has 0 spiro atoms. The number of nitrogens with two attached hydrogens (primary N) is 1. The minimum absolute atomic E-state index is 0.282. The number of hydrogen-bond acceptors (Lipinski definition) is 3. The standard InChI is InChI=1S/C12H11BrClFN2S/c13-8-2-1-3-9(15)12(8)10(17-16)6-7-4-5-11(14)18-7/h1-5,10,17H,6,16H2. The maximum atomic E-state index is 13.8. The first-order chi connectivity index (χ1) is 8.61. The number of benzene rings is 1. The summed E-state index contributed by atoms with van der Waals surface area (Å²) in [6.45, 7) is 0. The van der Waals surface area contributed by atoms with Crippen LogP contribution in [-0.4, -0.2) is 0 Å². The van der Waals surface area contributed by atoms with Crippen LogP contribution in [0.25, 0.3) is 0 Å². The third kappa shape index (κ3) is 3.10. The van der Waals surface area contributed by atoms with Crippen molar-refractivity contribution in [2.75, 3.05) is 0 Å². The smallest absolute Gasteiger partial charge is 0.129 e. The van der Waals surface area contributed by atoms with Gasteiger partial charge in [-0.2, -0.15) is 0 Å². The molecule has 2 nitrogen and oxygen atoms in total. The molecule has 0 aliphatic carbocycles. The van der Waals surface area contributed by atoms with E-state index >= 15 is 0 Å². The lowest BCUT2D eigenvalue weighted by Gasteiger charge is -2.17. The summed E-state index contributed by atoms with van der Waals surface area (Å²) in [5.41, 5.74) is 3.18. The van der Waals surface area contributed by atoms with E-state index < -0.39 is 0 Å². The number of nitrogens with one attached hydrogen (secondary N) is 1. The molecule has 0 aliphatic heterocycles. The van der Waals surface area contributed by atoms with Crippen molar-refractivity contribution in [3.8, 4) is 0 Å². The highest BCUT2D eigenvalue weighted by Gasteiger charge is 2.18. The molecule has 3 N–H and O–H groups in total. The molecule has 18 heavy (non-hydrogen) atoms. The van der Waals surface area contributed by atoms with Crippen LogP contribution in [-0.2, 0) is 6.42 Å². The Kier molecular flexibility index (Phi) is 4.75. The summed E-state index contributed by atoms with van der Waals surface area (Å²) in [4.78, 5) is 1.05. The van der Waals surface area contributed by atoms with Crippen LogP contribution in [0.1, 0.15) is 16.5 Å². The minimum atomic E-state index is -0.296. The van der Waals surface area contributed by atoms with E-state index in [1.807, 2.05) is 12.1 Å². The van der Waals surface area contributed by atoms with E-state index in [-0.39, 0.29) is 11.9 Å². The molecule has 1 unspecified atom stereocenters. The second-order valence-corrected chi connectivity index (χ2v) is 6.42. The Morgan fingerprint density at radius 1 is 1.39 bits per heavy atom. The summed E-state index contributed by atoms with van der Waals surface area (Å²) in [6.07, 6.45) is 0.591. The Morgan fingerprint density at radius 3 is 2.72 bits per heavy atom. The zero-order valence-corrected chi connectivity index (χ0v) is 12.4. The molecule has 0 fully saturated rings. The van der Waals surface area contributed by atoms with Crippen LogP contribution in [0.3, 0.4) is 0 Å². The largest absolute Gasteiger partial charge is 0.271 e. The molecule has 1 aromatic carbocycles. The topological polar surface area (TPSA) is 38.0 Å². The van der Waals surface area contributed by atoms with Crippen LogP contribution < -0.4 is 11.3 Å². The fourth-order valence-electron chi connectivity index (χ4n) is 1.75.